The fraction of sp³-hybridized carbons (Fsp3) is 0.316. The fourth-order valence-electron chi connectivity index (χ4n) is 3.21. The van der Waals surface area contributed by atoms with Gasteiger partial charge in [-0.05, 0) is 18.9 Å². The van der Waals surface area contributed by atoms with Crippen molar-refractivity contribution < 1.29 is 0 Å². The van der Waals surface area contributed by atoms with Gasteiger partial charge >= 0.3 is 0 Å². The first-order chi connectivity index (χ1) is 12.3. The minimum Gasteiger partial charge on any atom is -0.316 e. The molecule has 0 radical (unpaired) electrons. The van der Waals surface area contributed by atoms with Crippen molar-refractivity contribution in [3.8, 4) is 0 Å². The van der Waals surface area contributed by atoms with Crippen LogP contribution in [0.25, 0.3) is 0 Å². The third kappa shape index (κ3) is 3.86. The zero-order chi connectivity index (χ0) is 17.1. The Hall–Kier alpha value is -2.31. The Labute approximate surface area is 151 Å². The molecule has 4 rings (SSSR count). The van der Waals surface area contributed by atoms with E-state index in [9.17, 15) is 0 Å². The molecule has 0 unspecified atom stereocenters. The molecule has 3 heterocycles. The van der Waals surface area contributed by atoms with E-state index in [2.05, 4.69) is 55.5 Å². The Kier molecular flexibility index (Phi) is 4.72. The highest BCUT2D eigenvalue weighted by atomic mass is 32.1. The van der Waals surface area contributed by atoms with Gasteiger partial charge in [0.25, 0.3) is 0 Å². The van der Waals surface area contributed by atoms with Crippen LogP contribution in [0.15, 0.2) is 41.9 Å². The van der Waals surface area contributed by atoms with Gasteiger partial charge in [0.2, 0.25) is 0 Å². The van der Waals surface area contributed by atoms with E-state index < -0.39 is 0 Å². The molecule has 0 saturated heterocycles. The van der Waals surface area contributed by atoms with E-state index in [4.69, 9.17) is 0 Å². The molecule has 128 valence electrons. The lowest BCUT2D eigenvalue weighted by Crippen LogP contribution is -2.33. The van der Waals surface area contributed by atoms with Crippen molar-refractivity contribution in [1.29, 1.82) is 0 Å². The van der Waals surface area contributed by atoms with Gasteiger partial charge in [-0.2, -0.15) is 0 Å². The van der Waals surface area contributed by atoms with Crippen LogP contribution in [0.3, 0.4) is 0 Å². The van der Waals surface area contributed by atoms with E-state index in [1.807, 2.05) is 12.3 Å². The minimum absolute atomic E-state index is 0.815. The number of rotatable bonds is 5. The predicted molar refractivity (Wildman–Crippen MR) is 101 cm³/mol. The zero-order valence-corrected chi connectivity index (χ0v) is 15.1. The maximum absolute atomic E-state index is 4.66. The molecule has 25 heavy (non-hydrogen) atoms. The maximum Gasteiger partial charge on any atom is 0.188 e. The van der Waals surface area contributed by atoms with Crippen LogP contribution in [0.2, 0.25) is 0 Å². The largest absolute Gasteiger partial charge is 0.316 e. The van der Waals surface area contributed by atoms with Crippen molar-refractivity contribution in [2.24, 2.45) is 0 Å². The Balaban J connectivity index is 1.51. The summed E-state index contributed by atoms with van der Waals surface area (Å²) in [5.74, 6) is 1.72. The second kappa shape index (κ2) is 7.29. The summed E-state index contributed by atoms with van der Waals surface area (Å²) in [6.07, 6.45) is 3.85. The zero-order valence-electron chi connectivity index (χ0n) is 14.3. The monoisotopic (exact) mass is 351 g/mol. The molecular formula is C19H21N5S. The molecule has 0 saturated carbocycles. The topological polar surface area (TPSA) is 53.9 Å². The van der Waals surface area contributed by atoms with E-state index >= 15 is 0 Å². The lowest BCUT2D eigenvalue weighted by Gasteiger charge is -2.29. The van der Waals surface area contributed by atoms with E-state index in [1.165, 1.54) is 16.8 Å². The SMILES string of the molecule is Cc1nc2c(c(Nc3nccs3)n1)CN(CCc1ccccc1)CC2. The quantitative estimate of drug-likeness (QED) is 0.761. The number of thiazole rings is 1. The number of nitrogens with one attached hydrogen (secondary N) is 1. The summed E-state index contributed by atoms with van der Waals surface area (Å²) >= 11 is 1.59. The van der Waals surface area contributed by atoms with Gasteiger partial charge in [0.15, 0.2) is 5.13 Å². The van der Waals surface area contributed by atoms with E-state index in [0.717, 1.165) is 49.2 Å². The molecule has 1 aromatic carbocycles. The molecule has 0 amide bonds. The number of benzene rings is 1. The first-order valence-corrected chi connectivity index (χ1v) is 9.45. The summed E-state index contributed by atoms with van der Waals surface area (Å²) in [5, 5.41) is 6.22. The number of hydrogen-bond acceptors (Lipinski definition) is 6. The Morgan fingerprint density at radius 3 is 2.88 bits per heavy atom. The number of aryl methyl sites for hydroxylation is 1. The first kappa shape index (κ1) is 16.2. The lowest BCUT2D eigenvalue weighted by molar-refractivity contribution is 0.255. The molecule has 2 aromatic heterocycles. The molecule has 0 fully saturated rings. The van der Waals surface area contributed by atoms with Gasteiger partial charge in [0, 0.05) is 43.2 Å². The molecule has 1 aliphatic rings. The third-order valence-corrected chi connectivity index (χ3v) is 5.16. The van der Waals surface area contributed by atoms with Gasteiger partial charge in [0.05, 0.1) is 5.69 Å². The van der Waals surface area contributed by atoms with Crippen molar-refractivity contribution in [2.75, 3.05) is 18.4 Å². The molecule has 0 spiro atoms. The van der Waals surface area contributed by atoms with Crippen LogP contribution in [0.4, 0.5) is 10.9 Å². The summed E-state index contributed by atoms with van der Waals surface area (Å²) in [4.78, 5) is 16.1. The van der Waals surface area contributed by atoms with Crippen LogP contribution < -0.4 is 5.32 Å². The summed E-state index contributed by atoms with van der Waals surface area (Å²) in [6, 6.07) is 10.7. The van der Waals surface area contributed by atoms with Crippen LogP contribution in [0.1, 0.15) is 22.6 Å². The van der Waals surface area contributed by atoms with Crippen LogP contribution in [-0.4, -0.2) is 32.9 Å². The highest BCUT2D eigenvalue weighted by Crippen LogP contribution is 2.27. The second-order valence-electron chi connectivity index (χ2n) is 6.27. The summed E-state index contributed by atoms with van der Waals surface area (Å²) in [6.45, 7) is 4.94. The Bertz CT molecular complexity index is 833. The molecule has 6 heteroatoms. The van der Waals surface area contributed by atoms with Crippen LogP contribution in [-0.2, 0) is 19.4 Å². The van der Waals surface area contributed by atoms with Crippen LogP contribution in [0.5, 0.6) is 0 Å². The third-order valence-electron chi connectivity index (χ3n) is 4.47. The van der Waals surface area contributed by atoms with Gasteiger partial charge in [-0.15, -0.1) is 11.3 Å². The molecule has 1 aliphatic heterocycles. The van der Waals surface area contributed by atoms with Gasteiger partial charge in [-0.25, -0.2) is 15.0 Å². The smallest absolute Gasteiger partial charge is 0.188 e. The van der Waals surface area contributed by atoms with Crippen LogP contribution in [0, 0.1) is 6.92 Å². The van der Waals surface area contributed by atoms with Crippen molar-refractivity contribution in [3.63, 3.8) is 0 Å². The summed E-state index contributed by atoms with van der Waals surface area (Å²) in [7, 11) is 0. The Morgan fingerprint density at radius 1 is 1.20 bits per heavy atom. The Morgan fingerprint density at radius 2 is 2.08 bits per heavy atom. The molecule has 0 atom stereocenters. The van der Waals surface area contributed by atoms with E-state index in [0.29, 0.717) is 0 Å². The maximum atomic E-state index is 4.66. The van der Waals surface area contributed by atoms with Crippen LogP contribution >= 0.6 is 11.3 Å². The molecule has 1 N–H and O–H groups in total. The number of fused-ring (bicyclic) bond motifs is 1. The second-order valence-corrected chi connectivity index (χ2v) is 7.16. The summed E-state index contributed by atoms with van der Waals surface area (Å²) < 4.78 is 0. The summed E-state index contributed by atoms with van der Waals surface area (Å²) in [5.41, 5.74) is 3.76. The van der Waals surface area contributed by atoms with Crippen molar-refractivity contribution in [2.45, 2.75) is 26.3 Å². The normalized spacial score (nSPS) is 14.3. The van der Waals surface area contributed by atoms with Crippen molar-refractivity contribution >= 4 is 22.3 Å². The molecular weight excluding hydrogens is 330 g/mol. The lowest BCUT2D eigenvalue weighted by atomic mass is 10.0. The van der Waals surface area contributed by atoms with Crippen molar-refractivity contribution in [1.82, 2.24) is 19.9 Å². The standard InChI is InChI=1S/C19H21N5S/c1-14-21-17-8-11-24(10-7-15-5-3-2-4-6-15)13-16(17)18(22-14)23-19-20-9-12-25-19/h2-6,9,12H,7-8,10-11,13H2,1H3,(H,20,21,22,23). The van der Waals surface area contributed by atoms with Gasteiger partial charge < -0.3 is 5.32 Å². The number of hydrogen-bond donors (Lipinski definition) is 1. The average Bonchev–Trinajstić information content (AvgIpc) is 3.14. The molecule has 3 aromatic rings. The predicted octanol–water partition coefficient (Wildman–Crippen LogP) is 3.59. The molecule has 0 bridgehead atoms. The minimum atomic E-state index is 0.815. The van der Waals surface area contributed by atoms with Gasteiger partial charge in [-0.3, -0.25) is 4.90 Å². The number of aromatic nitrogens is 3. The highest BCUT2D eigenvalue weighted by molar-refractivity contribution is 7.13. The number of anilines is 2. The number of nitrogens with zero attached hydrogens (tertiary/aromatic N) is 4. The van der Waals surface area contributed by atoms with E-state index in [1.54, 1.807) is 17.5 Å². The van der Waals surface area contributed by atoms with Gasteiger partial charge in [-0.1, -0.05) is 30.3 Å². The average molecular weight is 351 g/mol. The van der Waals surface area contributed by atoms with Crippen molar-refractivity contribution in [3.05, 3.63) is 64.6 Å². The van der Waals surface area contributed by atoms with Gasteiger partial charge in [0.1, 0.15) is 11.6 Å². The molecule has 5 nitrogen and oxygen atoms in total. The highest BCUT2D eigenvalue weighted by Gasteiger charge is 2.22. The fourth-order valence-corrected chi connectivity index (χ4v) is 3.73. The van der Waals surface area contributed by atoms with E-state index in [-0.39, 0.29) is 0 Å². The first-order valence-electron chi connectivity index (χ1n) is 8.57. The molecule has 0 aliphatic carbocycles.